The zero-order chi connectivity index (χ0) is 12.7. The number of carbonyl (C=O) groups is 1. The number of hydrogen-bond acceptors (Lipinski definition) is 3. The minimum Gasteiger partial charge on any atom is -0.478 e. The van der Waals surface area contributed by atoms with Crippen LogP contribution in [-0.4, -0.2) is 20.5 Å². The van der Waals surface area contributed by atoms with E-state index in [0.717, 1.165) is 36.9 Å². The minimum atomic E-state index is -1.01. The summed E-state index contributed by atoms with van der Waals surface area (Å²) in [6, 6.07) is 2.87. The van der Waals surface area contributed by atoms with Gasteiger partial charge in [0.15, 0.2) is 0 Å². The van der Waals surface area contributed by atoms with Gasteiger partial charge in [0, 0.05) is 11.8 Å². The van der Waals surface area contributed by atoms with Gasteiger partial charge in [0.05, 0.1) is 11.3 Å². The van der Waals surface area contributed by atoms with Gasteiger partial charge in [-0.1, -0.05) is 0 Å². The Morgan fingerprint density at radius 2 is 2.11 bits per heavy atom. The van der Waals surface area contributed by atoms with Gasteiger partial charge in [-0.15, -0.1) is 0 Å². The van der Waals surface area contributed by atoms with Crippen molar-refractivity contribution in [2.24, 2.45) is 0 Å². The van der Waals surface area contributed by atoms with Crippen LogP contribution in [0.3, 0.4) is 0 Å². The molecule has 2 aromatic rings. The topological polar surface area (TPSA) is 71.7 Å². The van der Waals surface area contributed by atoms with Crippen molar-refractivity contribution in [1.29, 1.82) is 0 Å². The number of carboxylic acid groups (broad SMARTS) is 1. The predicted molar refractivity (Wildman–Crippen MR) is 65.1 cm³/mol. The molecule has 0 saturated heterocycles. The molecular weight excluding hydrogens is 232 g/mol. The SMILES string of the molecule is O=C(O)c1ccn2c(=O)c3c(nc2c1)CCCC3. The molecule has 0 spiro atoms. The predicted octanol–water partition coefficient (Wildman–Crippen LogP) is 1.27. The van der Waals surface area contributed by atoms with Crippen LogP contribution in [-0.2, 0) is 12.8 Å². The molecule has 1 aliphatic rings. The Hall–Kier alpha value is -2.17. The summed E-state index contributed by atoms with van der Waals surface area (Å²) in [7, 11) is 0. The molecule has 0 fully saturated rings. The summed E-state index contributed by atoms with van der Waals surface area (Å²) >= 11 is 0. The number of pyridine rings is 1. The standard InChI is InChI=1S/C13H12N2O3/c16-12-9-3-1-2-4-10(9)14-11-7-8(13(17)18)5-6-15(11)12/h5-7H,1-4H2,(H,17,18). The van der Waals surface area contributed by atoms with Gasteiger partial charge >= 0.3 is 5.97 Å². The minimum absolute atomic E-state index is 0.0633. The van der Waals surface area contributed by atoms with Crippen molar-refractivity contribution >= 4 is 11.6 Å². The fourth-order valence-corrected chi connectivity index (χ4v) is 2.41. The fraction of sp³-hybridized carbons (Fsp3) is 0.308. The van der Waals surface area contributed by atoms with Gasteiger partial charge in [0.2, 0.25) is 0 Å². The first-order valence-electron chi connectivity index (χ1n) is 5.94. The Kier molecular flexibility index (Phi) is 2.40. The second-order valence-electron chi connectivity index (χ2n) is 4.50. The van der Waals surface area contributed by atoms with Crippen LogP contribution in [0.2, 0.25) is 0 Å². The molecule has 92 valence electrons. The maximum atomic E-state index is 12.2. The van der Waals surface area contributed by atoms with Crippen LogP contribution in [0.1, 0.15) is 34.5 Å². The molecule has 0 unspecified atom stereocenters. The van der Waals surface area contributed by atoms with Crippen LogP contribution in [0, 0.1) is 0 Å². The van der Waals surface area contributed by atoms with E-state index in [4.69, 9.17) is 5.11 Å². The number of aromatic carboxylic acids is 1. The highest BCUT2D eigenvalue weighted by Crippen LogP contribution is 2.17. The van der Waals surface area contributed by atoms with Gasteiger partial charge in [-0.25, -0.2) is 9.78 Å². The summed E-state index contributed by atoms with van der Waals surface area (Å²) in [4.78, 5) is 27.6. The van der Waals surface area contributed by atoms with Crippen molar-refractivity contribution in [2.45, 2.75) is 25.7 Å². The fourth-order valence-electron chi connectivity index (χ4n) is 2.41. The van der Waals surface area contributed by atoms with Crippen LogP contribution in [0.25, 0.3) is 5.65 Å². The van der Waals surface area contributed by atoms with E-state index in [0.29, 0.717) is 5.65 Å². The van der Waals surface area contributed by atoms with Gasteiger partial charge in [0.1, 0.15) is 5.65 Å². The molecule has 1 N–H and O–H groups in total. The maximum Gasteiger partial charge on any atom is 0.335 e. The lowest BCUT2D eigenvalue weighted by atomic mass is 9.97. The van der Waals surface area contributed by atoms with Crippen LogP contribution in [0.5, 0.6) is 0 Å². The molecule has 18 heavy (non-hydrogen) atoms. The average Bonchev–Trinajstić information content (AvgIpc) is 2.38. The summed E-state index contributed by atoms with van der Waals surface area (Å²) < 4.78 is 1.43. The van der Waals surface area contributed by atoms with Crippen molar-refractivity contribution in [3.8, 4) is 0 Å². The lowest BCUT2D eigenvalue weighted by molar-refractivity contribution is 0.0697. The average molecular weight is 244 g/mol. The van der Waals surface area contributed by atoms with Gasteiger partial charge < -0.3 is 5.11 Å². The van der Waals surface area contributed by atoms with Gasteiger partial charge in [-0.2, -0.15) is 0 Å². The molecule has 0 aromatic carbocycles. The molecular formula is C13H12N2O3. The van der Waals surface area contributed by atoms with E-state index in [2.05, 4.69) is 4.98 Å². The van der Waals surface area contributed by atoms with E-state index in [1.807, 2.05) is 0 Å². The van der Waals surface area contributed by atoms with Crippen LogP contribution < -0.4 is 5.56 Å². The quantitative estimate of drug-likeness (QED) is 0.820. The molecule has 5 nitrogen and oxygen atoms in total. The Labute approximate surface area is 103 Å². The van der Waals surface area contributed by atoms with E-state index in [1.54, 1.807) is 0 Å². The van der Waals surface area contributed by atoms with E-state index in [9.17, 15) is 9.59 Å². The van der Waals surface area contributed by atoms with Crippen LogP contribution >= 0.6 is 0 Å². The molecule has 3 rings (SSSR count). The Morgan fingerprint density at radius 3 is 2.89 bits per heavy atom. The van der Waals surface area contributed by atoms with Gasteiger partial charge in [-0.05, 0) is 37.8 Å². The summed E-state index contributed by atoms with van der Waals surface area (Å²) in [5, 5.41) is 8.94. The lowest BCUT2D eigenvalue weighted by Crippen LogP contribution is -2.25. The summed E-state index contributed by atoms with van der Waals surface area (Å²) in [6.45, 7) is 0. The molecule has 2 heterocycles. The molecule has 0 saturated carbocycles. The maximum absolute atomic E-state index is 12.2. The highest BCUT2D eigenvalue weighted by molar-refractivity contribution is 5.88. The van der Waals surface area contributed by atoms with E-state index < -0.39 is 5.97 Å². The summed E-state index contributed by atoms with van der Waals surface area (Å²) in [5.74, 6) is -1.01. The number of nitrogens with zero attached hydrogens (tertiary/aromatic N) is 2. The smallest absolute Gasteiger partial charge is 0.335 e. The molecule has 0 atom stereocenters. The molecule has 1 aliphatic carbocycles. The highest BCUT2D eigenvalue weighted by atomic mass is 16.4. The number of fused-ring (bicyclic) bond motifs is 2. The first-order chi connectivity index (χ1) is 8.66. The monoisotopic (exact) mass is 244 g/mol. The van der Waals surface area contributed by atoms with Crippen molar-refractivity contribution in [2.75, 3.05) is 0 Å². The second kappa shape index (κ2) is 3.94. The van der Waals surface area contributed by atoms with Crippen molar-refractivity contribution in [3.63, 3.8) is 0 Å². The largest absolute Gasteiger partial charge is 0.478 e. The van der Waals surface area contributed by atoms with E-state index in [-0.39, 0.29) is 11.1 Å². The molecule has 5 heteroatoms. The van der Waals surface area contributed by atoms with Gasteiger partial charge in [0.25, 0.3) is 5.56 Å². The third kappa shape index (κ3) is 1.59. The van der Waals surface area contributed by atoms with E-state index in [1.165, 1.54) is 22.7 Å². The first-order valence-corrected chi connectivity index (χ1v) is 5.94. The molecule has 0 radical (unpaired) electrons. The zero-order valence-electron chi connectivity index (χ0n) is 9.72. The Balaban J connectivity index is 2.31. The van der Waals surface area contributed by atoms with Crippen LogP contribution in [0.15, 0.2) is 23.1 Å². The normalized spacial score (nSPS) is 14.4. The van der Waals surface area contributed by atoms with E-state index >= 15 is 0 Å². The lowest BCUT2D eigenvalue weighted by Gasteiger charge is -2.15. The van der Waals surface area contributed by atoms with Crippen molar-refractivity contribution < 1.29 is 9.90 Å². The number of aromatic nitrogens is 2. The second-order valence-corrected chi connectivity index (χ2v) is 4.50. The summed E-state index contributed by atoms with van der Waals surface area (Å²) in [5.41, 5.74) is 2.11. The number of rotatable bonds is 1. The summed E-state index contributed by atoms with van der Waals surface area (Å²) in [6.07, 6.45) is 5.11. The van der Waals surface area contributed by atoms with Crippen LogP contribution in [0.4, 0.5) is 0 Å². The zero-order valence-corrected chi connectivity index (χ0v) is 9.72. The Bertz CT molecular complexity index is 703. The van der Waals surface area contributed by atoms with Gasteiger partial charge in [-0.3, -0.25) is 9.20 Å². The number of carboxylic acids is 1. The third-order valence-corrected chi connectivity index (χ3v) is 3.35. The highest BCUT2D eigenvalue weighted by Gasteiger charge is 2.16. The van der Waals surface area contributed by atoms with Crippen molar-refractivity contribution in [1.82, 2.24) is 9.38 Å². The third-order valence-electron chi connectivity index (χ3n) is 3.35. The molecule has 2 aromatic heterocycles. The molecule has 0 bridgehead atoms. The number of aryl methyl sites for hydroxylation is 1. The Morgan fingerprint density at radius 1 is 1.33 bits per heavy atom. The van der Waals surface area contributed by atoms with Crippen molar-refractivity contribution in [3.05, 3.63) is 45.5 Å². The molecule has 0 amide bonds. The number of hydrogen-bond donors (Lipinski definition) is 1. The molecule has 0 aliphatic heterocycles. The first kappa shape index (κ1) is 11.0.